The van der Waals surface area contributed by atoms with Crippen molar-refractivity contribution in [3.05, 3.63) is 29.8 Å². The van der Waals surface area contributed by atoms with Gasteiger partial charge < -0.3 is 0 Å². The standard InChI is InChI=1S/C13H15IOS/c1-12-6-8-13(9-7-12)16(15)11-5-3-2-4-10-14/h6-9H,2-4,10H2,1H3. The summed E-state index contributed by atoms with van der Waals surface area (Å²) < 4.78 is 12.9. The fraction of sp³-hybridized carbons (Fsp3) is 0.385. The van der Waals surface area contributed by atoms with Gasteiger partial charge in [0.1, 0.15) is 10.8 Å². The molecule has 0 aliphatic heterocycles. The van der Waals surface area contributed by atoms with E-state index in [9.17, 15) is 4.21 Å². The molecule has 1 nitrogen and oxygen atoms in total. The molecule has 16 heavy (non-hydrogen) atoms. The predicted molar refractivity (Wildman–Crippen MR) is 78.1 cm³/mol. The minimum absolute atomic E-state index is 0.798. The molecular formula is C13H15IOS. The second-order valence-corrected chi connectivity index (χ2v) is 5.80. The van der Waals surface area contributed by atoms with E-state index in [1.54, 1.807) is 0 Å². The Bertz CT molecular complexity index is 400. The maximum absolute atomic E-state index is 11.7. The van der Waals surface area contributed by atoms with Crippen LogP contribution in [0.1, 0.15) is 24.8 Å². The van der Waals surface area contributed by atoms with Crippen LogP contribution in [0.25, 0.3) is 0 Å². The van der Waals surface area contributed by atoms with Crippen LogP contribution in [0.4, 0.5) is 0 Å². The Labute approximate surface area is 114 Å². The lowest BCUT2D eigenvalue weighted by Gasteiger charge is -1.95. The van der Waals surface area contributed by atoms with Gasteiger partial charge in [0.05, 0.1) is 4.90 Å². The summed E-state index contributed by atoms with van der Waals surface area (Å²) in [6.45, 7) is 2.02. The molecule has 3 heteroatoms. The quantitative estimate of drug-likeness (QED) is 0.352. The summed E-state index contributed by atoms with van der Waals surface area (Å²) in [5.41, 5.74) is 1.18. The Morgan fingerprint density at radius 3 is 2.56 bits per heavy atom. The van der Waals surface area contributed by atoms with E-state index in [2.05, 4.69) is 33.8 Å². The molecule has 0 bridgehead atoms. The lowest BCUT2D eigenvalue weighted by Crippen LogP contribution is -1.86. The van der Waals surface area contributed by atoms with Gasteiger partial charge in [-0.25, -0.2) is 4.21 Å². The Morgan fingerprint density at radius 1 is 1.25 bits per heavy atom. The molecule has 0 aliphatic rings. The van der Waals surface area contributed by atoms with Gasteiger partial charge in [0.25, 0.3) is 0 Å². The number of unbranched alkanes of at least 4 members (excludes halogenated alkanes) is 2. The van der Waals surface area contributed by atoms with Gasteiger partial charge in [-0.05, 0) is 36.3 Å². The highest BCUT2D eigenvalue weighted by Crippen LogP contribution is 2.07. The first-order valence-electron chi connectivity index (χ1n) is 5.27. The zero-order valence-corrected chi connectivity index (χ0v) is 12.3. The molecule has 0 radical (unpaired) electrons. The first-order chi connectivity index (χ1) is 7.74. The minimum Gasteiger partial charge on any atom is -0.240 e. The fourth-order valence-electron chi connectivity index (χ4n) is 1.15. The summed E-state index contributed by atoms with van der Waals surface area (Å²) in [5.74, 6) is 2.98. The number of halogens is 1. The summed E-state index contributed by atoms with van der Waals surface area (Å²) in [5, 5.41) is 2.80. The van der Waals surface area contributed by atoms with Crippen molar-refractivity contribution in [2.24, 2.45) is 0 Å². The van der Waals surface area contributed by atoms with Crippen LogP contribution in [0.2, 0.25) is 0 Å². The summed E-state index contributed by atoms with van der Waals surface area (Å²) in [6.07, 6.45) is 3.13. The molecule has 0 N–H and O–H groups in total. The highest BCUT2D eigenvalue weighted by Gasteiger charge is 1.97. The number of alkyl halides is 1. The van der Waals surface area contributed by atoms with Crippen LogP contribution >= 0.6 is 22.6 Å². The maximum atomic E-state index is 11.7. The van der Waals surface area contributed by atoms with E-state index in [1.165, 1.54) is 16.4 Å². The van der Waals surface area contributed by atoms with Gasteiger partial charge in [-0.2, -0.15) is 0 Å². The van der Waals surface area contributed by atoms with Gasteiger partial charge in [0.2, 0.25) is 0 Å². The molecule has 0 saturated heterocycles. The van der Waals surface area contributed by atoms with Crippen molar-refractivity contribution in [1.29, 1.82) is 0 Å². The van der Waals surface area contributed by atoms with Gasteiger partial charge in [-0.3, -0.25) is 0 Å². The second-order valence-electron chi connectivity index (χ2n) is 3.51. The van der Waals surface area contributed by atoms with Crippen LogP contribution in [0.15, 0.2) is 29.2 Å². The Kier molecular flexibility index (Phi) is 6.74. The SMILES string of the molecule is Cc1ccc(S(=O)C#CCCCCI)cc1. The molecule has 1 aromatic carbocycles. The maximum Gasteiger partial charge on any atom is 0.130 e. The average molecular weight is 346 g/mol. The number of aryl methyl sites for hydroxylation is 1. The zero-order chi connectivity index (χ0) is 11.8. The van der Waals surface area contributed by atoms with Crippen molar-refractivity contribution < 1.29 is 4.21 Å². The van der Waals surface area contributed by atoms with Crippen molar-refractivity contribution in [3.8, 4) is 11.2 Å². The summed E-state index contributed by atoms with van der Waals surface area (Å²) in [6, 6.07) is 7.69. The van der Waals surface area contributed by atoms with Gasteiger partial charge in [0, 0.05) is 11.7 Å². The molecule has 1 rings (SSSR count). The van der Waals surface area contributed by atoms with E-state index in [4.69, 9.17) is 0 Å². The minimum atomic E-state index is -1.16. The van der Waals surface area contributed by atoms with E-state index in [0.29, 0.717) is 0 Å². The third-order valence-electron chi connectivity index (χ3n) is 2.09. The first-order valence-corrected chi connectivity index (χ1v) is 7.94. The Hall–Kier alpha value is -0.340. The van der Waals surface area contributed by atoms with E-state index in [-0.39, 0.29) is 0 Å². The number of hydrogen-bond acceptors (Lipinski definition) is 1. The van der Waals surface area contributed by atoms with Crippen LogP contribution < -0.4 is 0 Å². The van der Waals surface area contributed by atoms with Crippen LogP contribution in [0, 0.1) is 18.1 Å². The lowest BCUT2D eigenvalue weighted by atomic mass is 10.2. The van der Waals surface area contributed by atoms with Crippen LogP contribution in [-0.4, -0.2) is 8.64 Å². The molecule has 0 aromatic heterocycles. The molecule has 1 unspecified atom stereocenters. The van der Waals surface area contributed by atoms with Crippen LogP contribution in [0.3, 0.4) is 0 Å². The molecule has 1 aromatic rings. The normalized spacial score (nSPS) is 11.6. The third kappa shape index (κ3) is 5.13. The number of benzene rings is 1. The molecule has 0 aliphatic carbocycles. The van der Waals surface area contributed by atoms with Gasteiger partial charge in [-0.15, -0.1) is 0 Å². The highest BCUT2D eigenvalue weighted by atomic mass is 127. The van der Waals surface area contributed by atoms with Crippen LogP contribution in [-0.2, 0) is 10.8 Å². The molecule has 0 heterocycles. The van der Waals surface area contributed by atoms with Gasteiger partial charge in [0.15, 0.2) is 0 Å². The Morgan fingerprint density at radius 2 is 1.94 bits per heavy atom. The third-order valence-corrected chi connectivity index (χ3v) is 3.88. The number of hydrogen-bond donors (Lipinski definition) is 0. The van der Waals surface area contributed by atoms with E-state index in [1.807, 2.05) is 31.2 Å². The Balaban J connectivity index is 2.48. The monoisotopic (exact) mass is 346 g/mol. The zero-order valence-electron chi connectivity index (χ0n) is 9.33. The molecule has 0 fully saturated rings. The van der Waals surface area contributed by atoms with E-state index < -0.39 is 10.8 Å². The largest absolute Gasteiger partial charge is 0.240 e. The van der Waals surface area contributed by atoms with Gasteiger partial charge in [-0.1, -0.05) is 46.2 Å². The first kappa shape index (κ1) is 13.7. The molecule has 0 amide bonds. The van der Waals surface area contributed by atoms with Crippen molar-refractivity contribution in [2.45, 2.75) is 31.1 Å². The van der Waals surface area contributed by atoms with Crippen molar-refractivity contribution in [2.75, 3.05) is 4.43 Å². The van der Waals surface area contributed by atoms with Crippen molar-refractivity contribution in [3.63, 3.8) is 0 Å². The molecule has 86 valence electrons. The summed E-state index contributed by atoms with van der Waals surface area (Å²) in [4.78, 5) is 0.798. The van der Waals surface area contributed by atoms with Crippen molar-refractivity contribution in [1.82, 2.24) is 0 Å². The van der Waals surface area contributed by atoms with E-state index in [0.717, 1.165) is 17.7 Å². The number of rotatable bonds is 4. The highest BCUT2D eigenvalue weighted by molar-refractivity contribution is 14.1. The summed E-state index contributed by atoms with van der Waals surface area (Å²) >= 11 is 2.36. The molecular weight excluding hydrogens is 331 g/mol. The van der Waals surface area contributed by atoms with Crippen LogP contribution in [0.5, 0.6) is 0 Å². The van der Waals surface area contributed by atoms with E-state index >= 15 is 0 Å². The average Bonchev–Trinajstić information content (AvgIpc) is 2.29. The van der Waals surface area contributed by atoms with Gasteiger partial charge >= 0.3 is 0 Å². The lowest BCUT2D eigenvalue weighted by molar-refractivity contribution is 0.689. The fourth-order valence-corrected chi connectivity index (χ4v) is 2.42. The predicted octanol–water partition coefficient (Wildman–Crippen LogP) is 3.67. The molecule has 0 spiro atoms. The molecule has 0 saturated carbocycles. The summed E-state index contributed by atoms with van der Waals surface area (Å²) in [7, 11) is -1.16. The van der Waals surface area contributed by atoms with Crippen molar-refractivity contribution >= 4 is 33.4 Å². The smallest absolute Gasteiger partial charge is 0.130 e. The molecule has 1 atom stereocenters. The second kappa shape index (κ2) is 7.86. The topological polar surface area (TPSA) is 17.1 Å².